The van der Waals surface area contributed by atoms with Gasteiger partial charge in [0.25, 0.3) is 5.91 Å². The van der Waals surface area contributed by atoms with E-state index in [1.54, 1.807) is 13.8 Å². The Balaban J connectivity index is 1.61. The van der Waals surface area contributed by atoms with Crippen LogP contribution in [0.15, 0.2) is 60.7 Å². The predicted octanol–water partition coefficient (Wildman–Crippen LogP) is 2.53. The van der Waals surface area contributed by atoms with Gasteiger partial charge in [0, 0.05) is 6.54 Å². The second kappa shape index (κ2) is 8.18. The van der Waals surface area contributed by atoms with Crippen LogP contribution < -0.4 is 0 Å². The van der Waals surface area contributed by atoms with Crippen molar-refractivity contribution in [1.29, 1.82) is 0 Å². The van der Waals surface area contributed by atoms with Crippen molar-refractivity contribution in [2.45, 2.75) is 51.0 Å². The van der Waals surface area contributed by atoms with Gasteiger partial charge in [-0.3, -0.25) is 9.69 Å². The first kappa shape index (κ1) is 20.5. The number of hydrogen-bond donors (Lipinski definition) is 1. The maximum Gasteiger partial charge on any atom is 0.328 e. The fraction of sp³-hybridized carbons (Fsp3) is 0.391. The Hall–Kier alpha value is -2.74. The third kappa shape index (κ3) is 4.09. The summed E-state index contributed by atoms with van der Waals surface area (Å²) in [6.07, 6.45) is -1.90. The molecule has 0 spiro atoms. The highest BCUT2D eigenvalue weighted by atomic mass is 16.7. The molecule has 0 aromatic heterocycles. The third-order valence-electron chi connectivity index (χ3n) is 5.45. The van der Waals surface area contributed by atoms with Crippen LogP contribution in [0.4, 0.5) is 4.79 Å². The number of benzene rings is 2. The van der Waals surface area contributed by atoms with E-state index in [1.807, 2.05) is 60.7 Å². The van der Waals surface area contributed by atoms with E-state index in [2.05, 4.69) is 0 Å². The molecular formula is C23H26N2O5. The second-order valence-electron chi connectivity index (χ2n) is 8.11. The van der Waals surface area contributed by atoms with Gasteiger partial charge >= 0.3 is 6.03 Å². The van der Waals surface area contributed by atoms with Crippen LogP contribution in [0, 0.1) is 0 Å². The van der Waals surface area contributed by atoms with Crippen molar-refractivity contribution in [1.82, 2.24) is 9.80 Å². The van der Waals surface area contributed by atoms with Crippen molar-refractivity contribution >= 4 is 11.9 Å². The van der Waals surface area contributed by atoms with E-state index >= 15 is 0 Å². The van der Waals surface area contributed by atoms with Gasteiger partial charge in [-0.2, -0.15) is 0 Å². The van der Waals surface area contributed by atoms with Crippen molar-refractivity contribution in [2.24, 2.45) is 0 Å². The lowest BCUT2D eigenvalue weighted by atomic mass is 10.0. The minimum absolute atomic E-state index is 0.153. The van der Waals surface area contributed by atoms with Crippen LogP contribution in [0.5, 0.6) is 0 Å². The number of urea groups is 1. The molecule has 2 saturated heterocycles. The van der Waals surface area contributed by atoms with Crippen LogP contribution in [-0.2, 0) is 27.4 Å². The Kier molecular flexibility index (Phi) is 5.60. The van der Waals surface area contributed by atoms with Gasteiger partial charge in [0.05, 0.1) is 13.2 Å². The molecule has 2 aliphatic rings. The zero-order valence-electron chi connectivity index (χ0n) is 17.1. The summed E-state index contributed by atoms with van der Waals surface area (Å²) in [5.41, 5.74) is 1.72. The maximum atomic E-state index is 13.3. The summed E-state index contributed by atoms with van der Waals surface area (Å²) < 4.78 is 11.3. The smallest absolute Gasteiger partial charge is 0.328 e. The highest BCUT2D eigenvalue weighted by Gasteiger charge is 2.52. The van der Waals surface area contributed by atoms with Gasteiger partial charge in [-0.1, -0.05) is 60.7 Å². The van der Waals surface area contributed by atoms with E-state index in [9.17, 15) is 14.7 Å². The van der Waals surface area contributed by atoms with Crippen molar-refractivity contribution < 1.29 is 24.2 Å². The van der Waals surface area contributed by atoms with Gasteiger partial charge in [-0.25, -0.2) is 4.79 Å². The summed E-state index contributed by atoms with van der Waals surface area (Å²) in [5, 5.41) is 11.1. The fourth-order valence-electron chi connectivity index (χ4n) is 3.94. The number of imide groups is 1. The van der Waals surface area contributed by atoms with Gasteiger partial charge in [-0.05, 0) is 25.0 Å². The largest absolute Gasteiger partial charge is 0.388 e. The normalized spacial score (nSPS) is 24.5. The zero-order chi connectivity index (χ0) is 21.3. The number of amides is 3. The maximum absolute atomic E-state index is 13.3. The lowest BCUT2D eigenvalue weighted by molar-refractivity contribution is -0.159. The predicted molar refractivity (Wildman–Crippen MR) is 109 cm³/mol. The van der Waals surface area contributed by atoms with Crippen LogP contribution in [0.3, 0.4) is 0 Å². The van der Waals surface area contributed by atoms with Gasteiger partial charge in [0.2, 0.25) is 0 Å². The minimum atomic E-state index is -1.20. The molecule has 3 atom stereocenters. The van der Waals surface area contributed by atoms with E-state index in [1.165, 1.54) is 9.80 Å². The summed E-state index contributed by atoms with van der Waals surface area (Å²) in [4.78, 5) is 29.1. The monoisotopic (exact) mass is 410 g/mol. The highest BCUT2D eigenvalue weighted by molar-refractivity contribution is 6.04. The van der Waals surface area contributed by atoms with Crippen molar-refractivity contribution in [3.8, 4) is 0 Å². The first-order chi connectivity index (χ1) is 14.4. The number of aliphatic hydroxyl groups excluding tert-OH is 1. The summed E-state index contributed by atoms with van der Waals surface area (Å²) in [7, 11) is 0. The molecule has 0 saturated carbocycles. The highest BCUT2D eigenvalue weighted by Crippen LogP contribution is 2.31. The summed E-state index contributed by atoms with van der Waals surface area (Å²) >= 11 is 0. The molecule has 2 heterocycles. The average molecular weight is 410 g/mol. The lowest BCUT2D eigenvalue weighted by Crippen LogP contribution is -2.50. The van der Waals surface area contributed by atoms with E-state index in [4.69, 9.17) is 9.47 Å². The van der Waals surface area contributed by atoms with E-state index < -0.39 is 36.0 Å². The molecular weight excluding hydrogens is 384 g/mol. The summed E-state index contributed by atoms with van der Waals surface area (Å²) in [6.45, 7) is 4.04. The summed E-state index contributed by atoms with van der Waals surface area (Å²) in [6, 6.07) is 17.3. The summed E-state index contributed by atoms with van der Waals surface area (Å²) in [5.74, 6) is -1.27. The first-order valence-corrected chi connectivity index (χ1v) is 10.1. The molecule has 2 aliphatic heterocycles. The molecule has 2 aromatic rings. The molecule has 7 nitrogen and oxygen atoms in total. The zero-order valence-corrected chi connectivity index (χ0v) is 17.1. The van der Waals surface area contributed by atoms with E-state index in [0.717, 1.165) is 11.1 Å². The van der Waals surface area contributed by atoms with Crippen LogP contribution in [-0.4, -0.2) is 57.5 Å². The standard InChI is InChI=1S/C23H26N2O5/c1-23(2)29-15-18(30-23)20(26)19-21(27)25(14-17-11-7-4-8-12-17)22(28)24(19)13-16-9-5-3-6-10-16/h3-12,18-20,26H,13-15H2,1-2H3. The molecule has 3 unspecified atom stereocenters. The number of rotatable bonds is 6. The number of carbonyl (C=O) groups excluding carboxylic acids is 2. The molecule has 7 heteroatoms. The number of aliphatic hydroxyl groups is 1. The topological polar surface area (TPSA) is 79.3 Å². The number of nitrogens with zero attached hydrogens (tertiary/aromatic N) is 2. The van der Waals surface area contributed by atoms with Crippen LogP contribution in [0.2, 0.25) is 0 Å². The van der Waals surface area contributed by atoms with E-state index in [-0.39, 0.29) is 19.7 Å². The van der Waals surface area contributed by atoms with Gasteiger partial charge in [-0.15, -0.1) is 0 Å². The quantitative estimate of drug-likeness (QED) is 0.741. The lowest BCUT2D eigenvalue weighted by Gasteiger charge is -2.29. The number of hydrogen-bond acceptors (Lipinski definition) is 5. The molecule has 30 heavy (non-hydrogen) atoms. The second-order valence-corrected chi connectivity index (χ2v) is 8.11. The Morgan fingerprint density at radius 1 is 1.00 bits per heavy atom. The molecule has 2 fully saturated rings. The Morgan fingerprint density at radius 2 is 1.57 bits per heavy atom. The van der Waals surface area contributed by atoms with Crippen molar-refractivity contribution in [2.75, 3.05) is 6.61 Å². The molecule has 0 radical (unpaired) electrons. The number of ether oxygens (including phenoxy) is 2. The molecule has 1 N–H and O–H groups in total. The van der Waals surface area contributed by atoms with Gasteiger partial charge < -0.3 is 19.5 Å². The Bertz CT molecular complexity index is 902. The van der Waals surface area contributed by atoms with Crippen LogP contribution in [0.1, 0.15) is 25.0 Å². The third-order valence-corrected chi connectivity index (χ3v) is 5.45. The van der Waals surface area contributed by atoms with Crippen molar-refractivity contribution in [3.63, 3.8) is 0 Å². The molecule has 0 bridgehead atoms. The first-order valence-electron chi connectivity index (χ1n) is 10.1. The van der Waals surface area contributed by atoms with Gasteiger partial charge in [0.15, 0.2) is 5.79 Å². The Labute approximate surface area is 175 Å². The fourth-order valence-corrected chi connectivity index (χ4v) is 3.94. The molecule has 158 valence electrons. The Morgan fingerprint density at radius 3 is 2.10 bits per heavy atom. The van der Waals surface area contributed by atoms with Gasteiger partial charge in [0.1, 0.15) is 18.2 Å². The number of carbonyl (C=O) groups is 2. The molecule has 2 aromatic carbocycles. The van der Waals surface area contributed by atoms with Crippen LogP contribution >= 0.6 is 0 Å². The molecule has 3 amide bonds. The minimum Gasteiger partial charge on any atom is -0.388 e. The molecule has 0 aliphatic carbocycles. The van der Waals surface area contributed by atoms with Crippen molar-refractivity contribution in [3.05, 3.63) is 71.8 Å². The average Bonchev–Trinajstić information content (AvgIpc) is 3.21. The molecule has 4 rings (SSSR count). The van der Waals surface area contributed by atoms with Crippen LogP contribution in [0.25, 0.3) is 0 Å². The SMILES string of the molecule is CC1(C)OCC(C(O)C2C(=O)N(Cc3ccccc3)C(=O)N2Cc2ccccc2)O1. The van der Waals surface area contributed by atoms with E-state index in [0.29, 0.717) is 0 Å².